The van der Waals surface area contributed by atoms with Gasteiger partial charge in [0.2, 0.25) is 5.91 Å². The number of hydrogen-bond acceptors (Lipinski definition) is 1. The molecule has 2 heteroatoms. The number of carbonyl (C=O) groups excluding carboxylic acids is 1. The number of benzene rings is 1. The van der Waals surface area contributed by atoms with Crippen LogP contribution in [0, 0.1) is 0 Å². The van der Waals surface area contributed by atoms with Crippen molar-refractivity contribution < 1.29 is 4.79 Å². The van der Waals surface area contributed by atoms with E-state index in [-0.39, 0.29) is 5.91 Å². The lowest BCUT2D eigenvalue weighted by molar-refractivity contribution is -0.115. The van der Waals surface area contributed by atoms with E-state index in [4.69, 9.17) is 0 Å². The molecule has 0 unspecified atom stereocenters. The van der Waals surface area contributed by atoms with Crippen LogP contribution in [0.1, 0.15) is 18.9 Å². The Bertz CT molecular complexity index is 416. The molecule has 0 saturated heterocycles. The number of allylic oxidation sites excluding steroid dienone is 3. The largest absolute Gasteiger partial charge is 0.329 e. The average molecular weight is 227 g/mol. The SMILES string of the molecule is CCC=CC=CC(=O)NC=Cc1ccccc1. The zero-order valence-corrected chi connectivity index (χ0v) is 9.97. The molecule has 17 heavy (non-hydrogen) atoms. The summed E-state index contributed by atoms with van der Waals surface area (Å²) in [6.07, 6.45) is 11.6. The van der Waals surface area contributed by atoms with Crippen LogP contribution in [-0.4, -0.2) is 5.91 Å². The van der Waals surface area contributed by atoms with E-state index in [1.165, 1.54) is 6.08 Å². The zero-order valence-electron chi connectivity index (χ0n) is 9.97. The number of hydrogen-bond donors (Lipinski definition) is 1. The summed E-state index contributed by atoms with van der Waals surface area (Å²) in [5, 5.41) is 2.67. The van der Waals surface area contributed by atoms with E-state index >= 15 is 0 Å². The first-order chi connectivity index (χ1) is 8.33. The topological polar surface area (TPSA) is 29.1 Å². The molecule has 0 aliphatic carbocycles. The molecule has 0 radical (unpaired) electrons. The van der Waals surface area contributed by atoms with Gasteiger partial charge in [-0.15, -0.1) is 0 Å². The zero-order chi connectivity index (χ0) is 12.3. The van der Waals surface area contributed by atoms with Crippen LogP contribution in [0.5, 0.6) is 0 Å². The smallest absolute Gasteiger partial charge is 0.247 e. The molecule has 88 valence electrons. The van der Waals surface area contributed by atoms with E-state index in [2.05, 4.69) is 5.32 Å². The van der Waals surface area contributed by atoms with Gasteiger partial charge in [-0.2, -0.15) is 0 Å². The van der Waals surface area contributed by atoms with Crippen LogP contribution in [0.15, 0.2) is 60.8 Å². The first-order valence-electron chi connectivity index (χ1n) is 5.68. The molecule has 0 aliphatic rings. The quantitative estimate of drug-likeness (QED) is 0.607. The van der Waals surface area contributed by atoms with Gasteiger partial charge in [-0.05, 0) is 18.1 Å². The van der Waals surface area contributed by atoms with Gasteiger partial charge in [0.15, 0.2) is 0 Å². The summed E-state index contributed by atoms with van der Waals surface area (Å²) in [6.45, 7) is 2.05. The van der Waals surface area contributed by atoms with Crippen LogP contribution >= 0.6 is 0 Å². The van der Waals surface area contributed by atoms with Crippen LogP contribution in [0.25, 0.3) is 6.08 Å². The minimum Gasteiger partial charge on any atom is -0.329 e. The minimum atomic E-state index is -0.127. The number of carbonyl (C=O) groups is 1. The predicted octanol–water partition coefficient (Wildman–Crippen LogP) is 3.30. The van der Waals surface area contributed by atoms with Crippen molar-refractivity contribution in [3.63, 3.8) is 0 Å². The molecule has 1 amide bonds. The Morgan fingerprint density at radius 2 is 2.00 bits per heavy atom. The summed E-state index contributed by atoms with van der Waals surface area (Å²) in [6, 6.07) is 9.82. The molecular weight excluding hydrogens is 210 g/mol. The lowest BCUT2D eigenvalue weighted by Gasteiger charge is -1.93. The molecule has 0 spiro atoms. The average Bonchev–Trinajstić information content (AvgIpc) is 2.36. The lowest BCUT2D eigenvalue weighted by atomic mass is 10.2. The first-order valence-corrected chi connectivity index (χ1v) is 5.68. The molecule has 1 rings (SSSR count). The molecule has 1 aromatic carbocycles. The normalized spacial score (nSPS) is 11.6. The Hall–Kier alpha value is -2.09. The van der Waals surface area contributed by atoms with E-state index in [1.807, 2.05) is 55.5 Å². The van der Waals surface area contributed by atoms with Crippen molar-refractivity contribution in [1.82, 2.24) is 5.32 Å². The summed E-state index contributed by atoms with van der Waals surface area (Å²) in [4.78, 5) is 11.3. The fraction of sp³-hybridized carbons (Fsp3) is 0.133. The second-order valence-electron chi connectivity index (χ2n) is 3.45. The monoisotopic (exact) mass is 227 g/mol. The highest BCUT2D eigenvalue weighted by atomic mass is 16.1. The molecule has 2 nitrogen and oxygen atoms in total. The van der Waals surface area contributed by atoms with Crippen LogP contribution in [0.2, 0.25) is 0 Å². The van der Waals surface area contributed by atoms with E-state index in [0.29, 0.717) is 0 Å². The summed E-state index contributed by atoms with van der Waals surface area (Å²) in [7, 11) is 0. The van der Waals surface area contributed by atoms with Gasteiger partial charge in [0.05, 0.1) is 0 Å². The minimum absolute atomic E-state index is 0.127. The Kier molecular flexibility index (Phi) is 6.19. The third-order valence-corrected chi connectivity index (χ3v) is 2.03. The molecule has 0 heterocycles. The summed E-state index contributed by atoms with van der Waals surface area (Å²) < 4.78 is 0. The van der Waals surface area contributed by atoms with Crippen LogP contribution < -0.4 is 5.32 Å². The van der Waals surface area contributed by atoms with Crippen molar-refractivity contribution in [1.29, 1.82) is 0 Å². The highest BCUT2D eigenvalue weighted by Crippen LogP contribution is 1.99. The highest BCUT2D eigenvalue weighted by molar-refractivity contribution is 5.88. The van der Waals surface area contributed by atoms with E-state index in [0.717, 1.165) is 12.0 Å². The second kappa shape index (κ2) is 8.11. The molecule has 0 saturated carbocycles. The van der Waals surface area contributed by atoms with Crippen LogP contribution in [0.4, 0.5) is 0 Å². The summed E-state index contributed by atoms with van der Waals surface area (Å²) >= 11 is 0. The van der Waals surface area contributed by atoms with Gasteiger partial charge in [0, 0.05) is 12.3 Å². The molecule has 0 fully saturated rings. The van der Waals surface area contributed by atoms with Gasteiger partial charge < -0.3 is 5.32 Å². The highest BCUT2D eigenvalue weighted by Gasteiger charge is 1.88. The number of rotatable bonds is 5. The van der Waals surface area contributed by atoms with Gasteiger partial charge in [-0.3, -0.25) is 4.79 Å². The number of nitrogens with one attached hydrogen (secondary N) is 1. The van der Waals surface area contributed by atoms with E-state index in [9.17, 15) is 4.79 Å². The van der Waals surface area contributed by atoms with Crippen molar-refractivity contribution >= 4 is 12.0 Å². The predicted molar refractivity (Wildman–Crippen MR) is 72.2 cm³/mol. The van der Waals surface area contributed by atoms with Crippen LogP contribution in [0.3, 0.4) is 0 Å². The number of amides is 1. The lowest BCUT2D eigenvalue weighted by Crippen LogP contribution is -2.12. The maximum absolute atomic E-state index is 11.3. The van der Waals surface area contributed by atoms with Crippen molar-refractivity contribution in [3.05, 3.63) is 66.4 Å². The Balaban J connectivity index is 2.36. The van der Waals surface area contributed by atoms with Gasteiger partial charge >= 0.3 is 0 Å². The van der Waals surface area contributed by atoms with Crippen molar-refractivity contribution in [3.8, 4) is 0 Å². The third kappa shape index (κ3) is 6.15. The van der Waals surface area contributed by atoms with Gasteiger partial charge in [-0.1, -0.05) is 55.5 Å². The first kappa shape index (κ1) is 13.0. The standard InChI is InChI=1S/C15H17NO/c1-2-3-4-8-11-15(17)16-13-12-14-9-6-5-7-10-14/h3-13H,2H2,1H3,(H,16,17). The van der Waals surface area contributed by atoms with Crippen molar-refractivity contribution in [2.75, 3.05) is 0 Å². The van der Waals surface area contributed by atoms with Crippen LogP contribution in [-0.2, 0) is 4.79 Å². The molecular formula is C15H17NO. The fourth-order valence-corrected chi connectivity index (χ4v) is 1.19. The summed E-state index contributed by atoms with van der Waals surface area (Å²) in [5.41, 5.74) is 1.06. The van der Waals surface area contributed by atoms with Gasteiger partial charge in [-0.25, -0.2) is 0 Å². The fourth-order valence-electron chi connectivity index (χ4n) is 1.19. The molecule has 1 aromatic rings. The van der Waals surface area contributed by atoms with E-state index in [1.54, 1.807) is 12.3 Å². The molecule has 0 aromatic heterocycles. The molecule has 0 atom stereocenters. The van der Waals surface area contributed by atoms with Gasteiger partial charge in [0.25, 0.3) is 0 Å². The Labute approximate surface area is 102 Å². The molecule has 0 bridgehead atoms. The molecule has 0 aliphatic heterocycles. The maximum atomic E-state index is 11.3. The Morgan fingerprint density at radius 1 is 1.24 bits per heavy atom. The third-order valence-electron chi connectivity index (χ3n) is 2.03. The molecule has 1 N–H and O–H groups in total. The van der Waals surface area contributed by atoms with E-state index < -0.39 is 0 Å². The summed E-state index contributed by atoms with van der Waals surface area (Å²) in [5.74, 6) is -0.127. The maximum Gasteiger partial charge on any atom is 0.247 e. The Morgan fingerprint density at radius 3 is 2.71 bits per heavy atom. The van der Waals surface area contributed by atoms with Gasteiger partial charge in [0.1, 0.15) is 0 Å². The van der Waals surface area contributed by atoms with Crippen molar-refractivity contribution in [2.45, 2.75) is 13.3 Å². The second-order valence-corrected chi connectivity index (χ2v) is 3.45. The van der Waals surface area contributed by atoms with Crippen molar-refractivity contribution in [2.24, 2.45) is 0 Å².